The van der Waals surface area contributed by atoms with Gasteiger partial charge in [0.05, 0.1) is 25.4 Å². The minimum atomic E-state index is 0.0607. The summed E-state index contributed by atoms with van der Waals surface area (Å²) in [6, 6.07) is 8.76. The van der Waals surface area contributed by atoms with Crippen molar-refractivity contribution in [1.29, 1.82) is 0 Å². The lowest BCUT2D eigenvalue weighted by atomic mass is 9.84. The molecule has 188 valence electrons. The summed E-state index contributed by atoms with van der Waals surface area (Å²) in [7, 11) is 1.74. The molecule has 2 saturated heterocycles. The summed E-state index contributed by atoms with van der Waals surface area (Å²) < 4.78 is 5.55. The molecule has 2 unspecified atom stereocenters. The number of benzene rings is 1. The Hall–Kier alpha value is -2.81. The molecule has 4 heterocycles. The fourth-order valence-corrected chi connectivity index (χ4v) is 5.70. The SMILES string of the molecule is COc1ccccc1N1CCN(CCNN2C=C3CC(=O)CN(C(C)C)C3C3=CC=CNC32)CC1. The minimum absolute atomic E-state index is 0.0607. The first-order chi connectivity index (χ1) is 17.0. The quantitative estimate of drug-likeness (QED) is 0.617. The van der Waals surface area contributed by atoms with E-state index in [1.165, 1.54) is 16.8 Å². The summed E-state index contributed by atoms with van der Waals surface area (Å²) in [5.74, 6) is 1.24. The van der Waals surface area contributed by atoms with Crippen molar-refractivity contribution in [2.75, 3.05) is 57.8 Å². The van der Waals surface area contributed by atoms with E-state index in [1.54, 1.807) is 7.11 Å². The number of piperazine rings is 1. The van der Waals surface area contributed by atoms with Crippen LogP contribution < -0.4 is 20.4 Å². The average Bonchev–Trinajstić information content (AvgIpc) is 2.88. The zero-order valence-corrected chi connectivity index (χ0v) is 21.1. The van der Waals surface area contributed by atoms with Crippen molar-refractivity contribution in [3.05, 3.63) is 60.0 Å². The van der Waals surface area contributed by atoms with Gasteiger partial charge in [0.2, 0.25) is 0 Å². The van der Waals surface area contributed by atoms with Crippen molar-refractivity contribution in [3.63, 3.8) is 0 Å². The fraction of sp³-hybridized carbons (Fsp3) is 0.519. The van der Waals surface area contributed by atoms with E-state index in [0.29, 0.717) is 24.8 Å². The molecule has 0 bridgehead atoms. The Morgan fingerprint density at radius 1 is 1.17 bits per heavy atom. The van der Waals surface area contributed by atoms with Crippen LogP contribution in [-0.4, -0.2) is 91.8 Å². The molecule has 0 radical (unpaired) electrons. The maximum atomic E-state index is 12.5. The van der Waals surface area contributed by atoms with Crippen molar-refractivity contribution in [3.8, 4) is 5.75 Å². The largest absolute Gasteiger partial charge is 0.495 e. The first-order valence-electron chi connectivity index (χ1n) is 12.8. The molecule has 0 aliphatic carbocycles. The summed E-state index contributed by atoms with van der Waals surface area (Å²) in [4.78, 5) is 19.7. The van der Waals surface area contributed by atoms with Gasteiger partial charge in [0, 0.05) is 57.9 Å². The number of ether oxygens (including phenoxy) is 1. The molecule has 8 nitrogen and oxygen atoms in total. The number of ketones is 1. The first-order valence-corrected chi connectivity index (χ1v) is 12.8. The lowest BCUT2D eigenvalue weighted by molar-refractivity contribution is -0.122. The summed E-state index contributed by atoms with van der Waals surface area (Å²) in [6.45, 7) is 10.7. The van der Waals surface area contributed by atoms with Crippen LogP contribution in [0.15, 0.2) is 60.0 Å². The Labute approximate surface area is 208 Å². The molecular weight excluding hydrogens is 440 g/mol. The van der Waals surface area contributed by atoms with E-state index in [2.05, 4.69) is 74.8 Å². The lowest BCUT2D eigenvalue weighted by Gasteiger charge is -2.49. The van der Waals surface area contributed by atoms with Gasteiger partial charge in [0.25, 0.3) is 0 Å². The second-order valence-corrected chi connectivity index (χ2v) is 10.00. The predicted molar refractivity (Wildman–Crippen MR) is 139 cm³/mol. The number of fused-ring (bicyclic) bond motifs is 3. The minimum Gasteiger partial charge on any atom is -0.495 e. The number of piperidine rings is 1. The number of Topliss-reactive ketones (excluding diaryl/α,β-unsaturated/α-hetero) is 1. The smallest absolute Gasteiger partial charge is 0.151 e. The summed E-state index contributed by atoms with van der Waals surface area (Å²) >= 11 is 0. The molecule has 2 N–H and O–H groups in total. The Bertz CT molecular complexity index is 1010. The molecule has 4 aliphatic heterocycles. The molecule has 1 aromatic rings. The number of nitrogens with zero attached hydrogens (tertiary/aromatic N) is 4. The summed E-state index contributed by atoms with van der Waals surface area (Å²) in [5.41, 5.74) is 7.31. The van der Waals surface area contributed by atoms with E-state index in [-0.39, 0.29) is 12.2 Å². The maximum absolute atomic E-state index is 12.5. The second kappa shape index (κ2) is 10.4. The number of carbonyl (C=O) groups is 1. The molecule has 0 saturated carbocycles. The lowest BCUT2D eigenvalue weighted by Crippen LogP contribution is -2.61. The molecule has 2 fully saturated rings. The van der Waals surface area contributed by atoms with E-state index in [9.17, 15) is 4.79 Å². The third kappa shape index (κ3) is 4.96. The highest BCUT2D eigenvalue weighted by molar-refractivity contribution is 5.85. The zero-order valence-electron chi connectivity index (χ0n) is 21.1. The average molecular weight is 479 g/mol. The number of dihydropyridines is 1. The molecule has 8 heteroatoms. The van der Waals surface area contributed by atoms with Crippen molar-refractivity contribution in [2.24, 2.45) is 0 Å². The maximum Gasteiger partial charge on any atom is 0.151 e. The number of hydrogen-bond donors (Lipinski definition) is 2. The van der Waals surface area contributed by atoms with Gasteiger partial charge < -0.3 is 15.0 Å². The van der Waals surface area contributed by atoms with E-state index >= 15 is 0 Å². The highest BCUT2D eigenvalue weighted by Crippen LogP contribution is 2.35. The number of allylic oxidation sites excluding steroid dienone is 2. The molecule has 4 aliphatic rings. The van der Waals surface area contributed by atoms with Crippen LogP contribution in [-0.2, 0) is 4.79 Å². The molecule has 2 atom stereocenters. The van der Waals surface area contributed by atoms with Crippen LogP contribution in [0.25, 0.3) is 0 Å². The van der Waals surface area contributed by atoms with Crippen molar-refractivity contribution in [1.82, 2.24) is 25.6 Å². The van der Waals surface area contributed by atoms with Crippen LogP contribution in [0.2, 0.25) is 0 Å². The molecule has 5 rings (SSSR count). The number of likely N-dealkylation sites (tertiary alicyclic amines) is 1. The molecule has 0 spiro atoms. The Morgan fingerprint density at radius 2 is 1.97 bits per heavy atom. The highest BCUT2D eigenvalue weighted by atomic mass is 16.5. The molecule has 35 heavy (non-hydrogen) atoms. The topological polar surface area (TPSA) is 63.3 Å². The molecule has 0 amide bonds. The molecule has 0 aromatic heterocycles. The van der Waals surface area contributed by atoms with Gasteiger partial charge in [-0.05, 0) is 49.4 Å². The van der Waals surface area contributed by atoms with Crippen LogP contribution in [0.5, 0.6) is 5.75 Å². The molecular formula is C27H38N6O2. The Kier molecular flexibility index (Phi) is 7.13. The normalized spacial score (nSPS) is 25.1. The van der Waals surface area contributed by atoms with Gasteiger partial charge in [-0.1, -0.05) is 18.2 Å². The fourth-order valence-electron chi connectivity index (χ4n) is 5.70. The monoisotopic (exact) mass is 478 g/mol. The Balaban J connectivity index is 1.19. The summed E-state index contributed by atoms with van der Waals surface area (Å²) in [6.07, 6.45) is 9.06. The van der Waals surface area contributed by atoms with Gasteiger partial charge >= 0.3 is 0 Å². The molecule has 1 aromatic carbocycles. The Morgan fingerprint density at radius 3 is 2.74 bits per heavy atom. The highest BCUT2D eigenvalue weighted by Gasteiger charge is 2.42. The predicted octanol–water partition coefficient (Wildman–Crippen LogP) is 1.94. The van der Waals surface area contributed by atoms with E-state index in [4.69, 9.17) is 4.74 Å². The van der Waals surface area contributed by atoms with Gasteiger partial charge in [-0.2, -0.15) is 0 Å². The van der Waals surface area contributed by atoms with E-state index < -0.39 is 0 Å². The number of methoxy groups -OCH3 is 1. The number of para-hydroxylation sites is 2. The van der Waals surface area contributed by atoms with Gasteiger partial charge in [-0.15, -0.1) is 0 Å². The van der Waals surface area contributed by atoms with Crippen LogP contribution in [0.3, 0.4) is 0 Å². The van der Waals surface area contributed by atoms with Crippen molar-refractivity contribution >= 4 is 11.5 Å². The van der Waals surface area contributed by atoms with Crippen LogP contribution in [0.4, 0.5) is 5.69 Å². The van der Waals surface area contributed by atoms with Gasteiger partial charge in [0.1, 0.15) is 11.9 Å². The summed E-state index contributed by atoms with van der Waals surface area (Å²) in [5, 5.41) is 5.69. The number of hydrazine groups is 1. The third-order valence-electron chi connectivity index (χ3n) is 7.48. The standard InChI is InChI=1S/C27H38N6O2/c1-20(2)32-19-22(34)17-21-18-33(27-23(26(21)32)7-6-10-28-27)29-11-12-30-13-15-31(16-14-30)24-8-4-5-9-25(24)35-3/h4-10,18,20,26-29H,11-17,19H2,1-3H3. The van der Waals surface area contributed by atoms with Crippen LogP contribution >= 0.6 is 0 Å². The van der Waals surface area contributed by atoms with Crippen molar-refractivity contribution < 1.29 is 9.53 Å². The van der Waals surface area contributed by atoms with Gasteiger partial charge in [0.15, 0.2) is 5.78 Å². The number of nitrogens with one attached hydrogen (secondary N) is 2. The van der Waals surface area contributed by atoms with E-state index in [1.807, 2.05) is 18.3 Å². The number of hydrogen-bond acceptors (Lipinski definition) is 8. The first kappa shape index (κ1) is 23.9. The number of anilines is 1. The number of carbonyl (C=O) groups excluding carboxylic acids is 1. The van der Waals surface area contributed by atoms with Gasteiger partial charge in [-0.3, -0.25) is 19.6 Å². The van der Waals surface area contributed by atoms with Crippen LogP contribution in [0, 0.1) is 0 Å². The number of rotatable bonds is 7. The second-order valence-electron chi connectivity index (χ2n) is 10.00. The van der Waals surface area contributed by atoms with Crippen molar-refractivity contribution in [2.45, 2.75) is 38.5 Å². The van der Waals surface area contributed by atoms with Crippen LogP contribution in [0.1, 0.15) is 20.3 Å². The third-order valence-corrected chi connectivity index (χ3v) is 7.48. The zero-order chi connectivity index (χ0) is 24.4. The van der Waals surface area contributed by atoms with Gasteiger partial charge in [-0.25, -0.2) is 5.43 Å². The van der Waals surface area contributed by atoms with E-state index in [0.717, 1.165) is 45.0 Å².